The maximum Gasteiger partial charge on any atom is 0.270 e. The van der Waals surface area contributed by atoms with Gasteiger partial charge < -0.3 is 5.73 Å². The number of anilines is 1. The molecule has 0 unspecified atom stereocenters. The molecule has 0 spiro atoms. The minimum Gasteiger partial charge on any atom is -0.383 e. The second-order valence-corrected chi connectivity index (χ2v) is 6.15. The number of hydrogen-bond acceptors (Lipinski definition) is 5. The minimum atomic E-state index is -0.498. The third kappa shape index (κ3) is 3.18. The van der Waals surface area contributed by atoms with Gasteiger partial charge in [-0.25, -0.2) is 4.98 Å². The van der Waals surface area contributed by atoms with Crippen molar-refractivity contribution < 1.29 is 4.92 Å². The van der Waals surface area contributed by atoms with E-state index in [4.69, 9.17) is 28.9 Å². The summed E-state index contributed by atoms with van der Waals surface area (Å²) in [7, 11) is 0. The number of nitriles is 1. The number of pyridine rings is 1. The van der Waals surface area contributed by atoms with Crippen molar-refractivity contribution in [1.82, 2.24) is 4.98 Å². The fraction of sp³-hybridized carbons (Fsp3) is 0. The molecule has 1 aromatic heterocycles. The molecule has 0 amide bonds. The van der Waals surface area contributed by atoms with Crippen molar-refractivity contribution in [1.29, 1.82) is 5.26 Å². The average Bonchev–Trinajstić information content (AvgIpc) is 2.61. The number of nitro benzene ring substituents is 1. The second kappa shape index (κ2) is 7.00. The van der Waals surface area contributed by atoms with E-state index >= 15 is 0 Å². The largest absolute Gasteiger partial charge is 0.383 e. The molecular weight excluding hydrogens is 375 g/mol. The summed E-state index contributed by atoms with van der Waals surface area (Å²) in [6.45, 7) is 0. The van der Waals surface area contributed by atoms with Crippen LogP contribution in [0.5, 0.6) is 0 Å². The molecule has 0 saturated carbocycles. The SMILES string of the molecule is N#Cc1c(-c2c(Cl)cccc2Cl)cc(-c2cccc([N+](=O)[O-])c2)nc1N. The first-order chi connectivity index (χ1) is 12.4. The number of nitro groups is 1. The summed E-state index contributed by atoms with van der Waals surface area (Å²) in [5.74, 6) is -0.0116. The molecule has 0 aliphatic rings. The lowest BCUT2D eigenvalue weighted by Gasteiger charge is -2.12. The van der Waals surface area contributed by atoms with Gasteiger partial charge in [0.05, 0.1) is 10.6 Å². The highest BCUT2D eigenvalue weighted by Gasteiger charge is 2.18. The Kier molecular flexibility index (Phi) is 4.76. The third-order valence-corrected chi connectivity index (χ3v) is 4.37. The van der Waals surface area contributed by atoms with Gasteiger partial charge in [0.2, 0.25) is 0 Å². The Morgan fingerprint density at radius 2 is 1.77 bits per heavy atom. The zero-order chi connectivity index (χ0) is 18.8. The van der Waals surface area contributed by atoms with E-state index in [1.807, 2.05) is 6.07 Å². The number of aromatic nitrogens is 1. The number of nitrogens with zero attached hydrogens (tertiary/aromatic N) is 3. The molecule has 0 radical (unpaired) electrons. The molecule has 3 rings (SSSR count). The molecule has 8 heteroatoms. The van der Waals surface area contributed by atoms with Crippen molar-refractivity contribution in [2.45, 2.75) is 0 Å². The van der Waals surface area contributed by atoms with Gasteiger partial charge in [-0.1, -0.05) is 41.4 Å². The number of benzene rings is 2. The van der Waals surface area contributed by atoms with E-state index in [0.717, 1.165) is 0 Å². The van der Waals surface area contributed by atoms with E-state index in [0.29, 0.717) is 32.4 Å². The van der Waals surface area contributed by atoms with Gasteiger partial charge in [-0.2, -0.15) is 5.26 Å². The molecule has 0 aliphatic heterocycles. The van der Waals surface area contributed by atoms with E-state index in [2.05, 4.69) is 4.98 Å². The van der Waals surface area contributed by atoms with Gasteiger partial charge in [0.25, 0.3) is 5.69 Å². The van der Waals surface area contributed by atoms with Crippen LogP contribution >= 0.6 is 23.2 Å². The zero-order valence-corrected chi connectivity index (χ0v) is 14.6. The van der Waals surface area contributed by atoms with Gasteiger partial charge in [-0.05, 0) is 18.2 Å². The number of non-ortho nitro benzene ring substituents is 1. The number of nitrogen functional groups attached to an aromatic ring is 1. The van der Waals surface area contributed by atoms with Crippen molar-refractivity contribution in [3.8, 4) is 28.5 Å². The molecule has 3 aromatic rings. The van der Waals surface area contributed by atoms with Crippen LogP contribution in [0.4, 0.5) is 11.5 Å². The first-order valence-electron chi connectivity index (χ1n) is 7.32. The number of rotatable bonds is 3. The monoisotopic (exact) mass is 384 g/mol. The van der Waals surface area contributed by atoms with Crippen molar-refractivity contribution in [2.24, 2.45) is 0 Å². The Labute approximate surface area is 158 Å². The summed E-state index contributed by atoms with van der Waals surface area (Å²) in [4.78, 5) is 14.7. The first-order valence-corrected chi connectivity index (χ1v) is 8.07. The third-order valence-electron chi connectivity index (χ3n) is 3.74. The summed E-state index contributed by atoms with van der Waals surface area (Å²) in [6.07, 6.45) is 0. The second-order valence-electron chi connectivity index (χ2n) is 5.33. The van der Waals surface area contributed by atoms with Crippen molar-refractivity contribution in [2.75, 3.05) is 5.73 Å². The molecular formula is C18H10Cl2N4O2. The molecule has 26 heavy (non-hydrogen) atoms. The molecule has 2 N–H and O–H groups in total. The van der Waals surface area contributed by atoms with Crippen LogP contribution in [0.25, 0.3) is 22.4 Å². The van der Waals surface area contributed by atoms with Crippen LogP contribution in [0.3, 0.4) is 0 Å². The Hall–Kier alpha value is -3.14. The molecule has 0 aliphatic carbocycles. The maximum absolute atomic E-state index is 11.0. The van der Waals surface area contributed by atoms with Crippen LogP contribution in [-0.2, 0) is 0 Å². The topological polar surface area (TPSA) is 106 Å². The van der Waals surface area contributed by atoms with Crippen LogP contribution in [-0.4, -0.2) is 9.91 Å². The van der Waals surface area contributed by atoms with Gasteiger partial charge in [0.1, 0.15) is 17.5 Å². The number of halogens is 2. The Morgan fingerprint density at radius 1 is 1.12 bits per heavy atom. The quantitative estimate of drug-likeness (QED) is 0.500. The molecule has 2 aromatic carbocycles. The van der Waals surface area contributed by atoms with Gasteiger partial charge in [-0.15, -0.1) is 0 Å². The highest BCUT2D eigenvalue weighted by Crippen LogP contribution is 2.39. The lowest BCUT2D eigenvalue weighted by atomic mass is 9.98. The highest BCUT2D eigenvalue weighted by molar-refractivity contribution is 6.39. The summed E-state index contributed by atoms with van der Waals surface area (Å²) in [5.41, 5.74) is 7.73. The fourth-order valence-corrected chi connectivity index (χ4v) is 3.16. The molecule has 6 nitrogen and oxygen atoms in total. The van der Waals surface area contributed by atoms with Crippen molar-refractivity contribution in [3.63, 3.8) is 0 Å². The lowest BCUT2D eigenvalue weighted by molar-refractivity contribution is -0.384. The van der Waals surface area contributed by atoms with E-state index in [-0.39, 0.29) is 17.1 Å². The standard InChI is InChI=1S/C18H10Cl2N4O2/c19-14-5-2-6-15(20)17(14)12-8-16(23-18(22)13(12)9-21)10-3-1-4-11(7-10)24(25)26/h1-8H,(H2,22,23). The molecule has 1 heterocycles. The molecule has 0 fully saturated rings. The Balaban J connectivity index is 2.29. The predicted octanol–water partition coefficient (Wildman–Crippen LogP) is 5.08. The summed E-state index contributed by atoms with van der Waals surface area (Å²) >= 11 is 12.5. The summed E-state index contributed by atoms with van der Waals surface area (Å²) < 4.78 is 0. The molecule has 128 valence electrons. The first kappa shape index (κ1) is 17.7. The molecule has 0 atom stereocenters. The van der Waals surface area contributed by atoms with E-state index in [1.54, 1.807) is 36.4 Å². The number of nitrogens with two attached hydrogens (primary N) is 1. The van der Waals surface area contributed by atoms with E-state index < -0.39 is 4.92 Å². The minimum absolute atomic E-state index is 0.0116. The van der Waals surface area contributed by atoms with Gasteiger partial charge in [0.15, 0.2) is 0 Å². The number of hydrogen-bond donors (Lipinski definition) is 1. The van der Waals surface area contributed by atoms with Crippen LogP contribution in [0.1, 0.15) is 5.56 Å². The molecule has 0 saturated heterocycles. The normalized spacial score (nSPS) is 10.3. The summed E-state index contributed by atoms with van der Waals surface area (Å²) in [5, 5.41) is 21.2. The van der Waals surface area contributed by atoms with Crippen LogP contribution in [0.2, 0.25) is 10.0 Å². The Bertz CT molecular complexity index is 1060. The smallest absolute Gasteiger partial charge is 0.270 e. The zero-order valence-electron chi connectivity index (χ0n) is 13.1. The fourth-order valence-electron chi connectivity index (χ4n) is 2.56. The maximum atomic E-state index is 11.0. The van der Waals surface area contributed by atoms with Crippen LogP contribution in [0.15, 0.2) is 48.5 Å². The Morgan fingerprint density at radius 3 is 2.38 bits per heavy atom. The highest BCUT2D eigenvalue weighted by atomic mass is 35.5. The average molecular weight is 385 g/mol. The van der Waals surface area contributed by atoms with Crippen LogP contribution < -0.4 is 5.73 Å². The lowest BCUT2D eigenvalue weighted by Crippen LogP contribution is -2.00. The van der Waals surface area contributed by atoms with Gasteiger partial charge >= 0.3 is 0 Å². The van der Waals surface area contributed by atoms with Crippen molar-refractivity contribution in [3.05, 3.63) is 74.3 Å². The predicted molar refractivity (Wildman–Crippen MR) is 101 cm³/mol. The van der Waals surface area contributed by atoms with Gasteiger partial charge in [0, 0.05) is 38.9 Å². The van der Waals surface area contributed by atoms with E-state index in [1.165, 1.54) is 12.1 Å². The van der Waals surface area contributed by atoms with Crippen LogP contribution in [0, 0.1) is 21.4 Å². The van der Waals surface area contributed by atoms with E-state index in [9.17, 15) is 15.4 Å². The summed E-state index contributed by atoms with van der Waals surface area (Å²) in [6, 6.07) is 14.6. The molecule has 0 bridgehead atoms. The van der Waals surface area contributed by atoms with Gasteiger partial charge in [-0.3, -0.25) is 10.1 Å². The van der Waals surface area contributed by atoms with Crippen molar-refractivity contribution >= 4 is 34.7 Å².